The van der Waals surface area contributed by atoms with Gasteiger partial charge in [-0.3, -0.25) is 14.4 Å². The summed E-state index contributed by atoms with van der Waals surface area (Å²) in [7, 11) is 1.80. The van der Waals surface area contributed by atoms with Gasteiger partial charge >= 0.3 is 0 Å². The molecule has 0 N–H and O–H groups in total. The van der Waals surface area contributed by atoms with Crippen LogP contribution in [0.5, 0.6) is 0 Å². The number of likely N-dealkylation sites (N-methyl/N-ethyl adjacent to an activating group) is 1. The van der Waals surface area contributed by atoms with Gasteiger partial charge in [-0.1, -0.05) is 24.3 Å². The summed E-state index contributed by atoms with van der Waals surface area (Å²) in [5.74, 6) is -0.529. The highest BCUT2D eigenvalue weighted by Gasteiger charge is 2.26. The van der Waals surface area contributed by atoms with Crippen molar-refractivity contribution < 1.29 is 9.59 Å². The van der Waals surface area contributed by atoms with E-state index in [1.807, 2.05) is 77.1 Å². The molecule has 0 unspecified atom stereocenters. The van der Waals surface area contributed by atoms with E-state index < -0.39 is 5.56 Å². The van der Waals surface area contributed by atoms with Gasteiger partial charge in [0.1, 0.15) is 12.1 Å². The first-order valence-electron chi connectivity index (χ1n) is 12.4. The van der Waals surface area contributed by atoms with Crippen LogP contribution in [0, 0.1) is 13.8 Å². The van der Waals surface area contributed by atoms with Gasteiger partial charge in [0.05, 0.1) is 0 Å². The molecular formula is C28H33N5O3. The maximum absolute atomic E-state index is 13.7. The molecule has 2 amide bonds. The highest BCUT2D eigenvalue weighted by atomic mass is 16.2. The van der Waals surface area contributed by atoms with Crippen LogP contribution >= 0.6 is 0 Å². The van der Waals surface area contributed by atoms with Crippen LogP contribution in [0.2, 0.25) is 0 Å². The lowest BCUT2D eigenvalue weighted by Gasteiger charge is -2.23. The third-order valence-corrected chi connectivity index (χ3v) is 6.96. The summed E-state index contributed by atoms with van der Waals surface area (Å²) < 4.78 is 2.93. The number of rotatable bonds is 7. The van der Waals surface area contributed by atoms with E-state index >= 15 is 0 Å². The van der Waals surface area contributed by atoms with Gasteiger partial charge in [0.15, 0.2) is 5.69 Å². The predicted octanol–water partition coefficient (Wildman–Crippen LogP) is 4.04. The third kappa shape index (κ3) is 4.17. The molecule has 0 radical (unpaired) electrons. The van der Waals surface area contributed by atoms with Crippen molar-refractivity contribution in [3.8, 4) is 0 Å². The summed E-state index contributed by atoms with van der Waals surface area (Å²) in [5, 5.41) is 5.83. The first kappa shape index (κ1) is 25.2. The Bertz CT molecular complexity index is 1530. The summed E-state index contributed by atoms with van der Waals surface area (Å²) in [6.45, 7) is 10.9. The maximum atomic E-state index is 13.7. The first-order chi connectivity index (χ1) is 17.2. The van der Waals surface area contributed by atoms with Gasteiger partial charge in [-0.25, -0.2) is 4.68 Å². The molecule has 0 aliphatic heterocycles. The number of aryl methyl sites for hydroxylation is 3. The Hall–Kier alpha value is -3.94. The van der Waals surface area contributed by atoms with Gasteiger partial charge in [-0.2, -0.15) is 5.10 Å². The Kier molecular flexibility index (Phi) is 6.97. The van der Waals surface area contributed by atoms with Crippen LogP contribution in [0.25, 0.3) is 21.8 Å². The minimum Gasteiger partial charge on any atom is -0.339 e. The van der Waals surface area contributed by atoms with Crippen molar-refractivity contribution in [2.45, 2.75) is 41.2 Å². The Morgan fingerprint density at radius 3 is 2.28 bits per heavy atom. The normalized spacial score (nSPS) is 11.3. The van der Waals surface area contributed by atoms with Crippen molar-refractivity contribution in [3.63, 3.8) is 0 Å². The molecule has 2 aromatic heterocycles. The molecule has 2 heterocycles. The number of carbonyl (C=O) groups excluding carboxylic acids is 2. The second-order valence-corrected chi connectivity index (χ2v) is 9.00. The fourth-order valence-corrected chi connectivity index (χ4v) is 4.75. The fraction of sp³-hybridized carbons (Fsp3) is 0.357. The lowest BCUT2D eigenvalue weighted by atomic mass is 10.1. The molecule has 188 valence electrons. The topological polar surface area (TPSA) is 80.4 Å². The molecule has 36 heavy (non-hydrogen) atoms. The Morgan fingerprint density at radius 2 is 1.64 bits per heavy atom. The van der Waals surface area contributed by atoms with E-state index in [4.69, 9.17) is 0 Å². The smallest absolute Gasteiger partial charge is 0.291 e. The molecule has 2 aromatic carbocycles. The molecule has 0 aliphatic rings. The minimum absolute atomic E-state index is 0.187. The highest BCUT2D eigenvalue weighted by molar-refractivity contribution is 6.16. The van der Waals surface area contributed by atoms with E-state index in [1.165, 1.54) is 0 Å². The van der Waals surface area contributed by atoms with Crippen LogP contribution in [0.3, 0.4) is 0 Å². The second-order valence-electron chi connectivity index (χ2n) is 9.00. The van der Waals surface area contributed by atoms with Crippen molar-refractivity contribution >= 4 is 39.3 Å². The van der Waals surface area contributed by atoms with E-state index in [-0.39, 0.29) is 24.1 Å². The zero-order valence-corrected chi connectivity index (χ0v) is 21.8. The van der Waals surface area contributed by atoms with Crippen LogP contribution in [-0.4, -0.2) is 50.7 Å². The molecule has 0 atom stereocenters. The lowest BCUT2D eigenvalue weighted by Crippen LogP contribution is -2.39. The summed E-state index contributed by atoms with van der Waals surface area (Å²) in [4.78, 5) is 44.0. The number of nitrogens with zero attached hydrogens (tertiary/aromatic N) is 5. The summed E-state index contributed by atoms with van der Waals surface area (Å²) in [5.41, 5.74) is 3.97. The van der Waals surface area contributed by atoms with Crippen LogP contribution in [-0.2, 0) is 18.4 Å². The number of amides is 2. The molecule has 0 spiro atoms. The van der Waals surface area contributed by atoms with Crippen molar-refractivity contribution in [1.82, 2.24) is 19.2 Å². The Labute approximate surface area is 210 Å². The van der Waals surface area contributed by atoms with Gasteiger partial charge in [-0.05, 0) is 63.9 Å². The maximum Gasteiger partial charge on any atom is 0.291 e. The van der Waals surface area contributed by atoms with E-state index in [9.17, 15) is 14.4 Å². The van der Waals surface area contributed by atoms with Crippen LogP contribution < -0.4 is 10.5 Å². The standard InChI is InChI=1S/C28H33N5O3/c1-7-31(8-2)27(35)25-24-21-12-10-11-13-22(21)30(6)26(24)28(36)33(29-25)17-23(34)32(9-3)20-15-14-18(4)19(5)16-20/h10-16H,7-9,17H2,1-6H3. The van der Waals surface area contributed by atoms with Gasteiger partial charge in [0.25, 0.3) is 11.5 Å². The van der Waals surface area contributed by atoms with Gasteiger partial charge in [0, 0.05) is 48.7 Å². The van der Waals surface area contributed by atoms with Gasteiger partial charge in [-0.15, -0.1) is 0 Å². The molecule has 0 saturated carbocycles. The summed E-state index contributed by atoms with van der Waals surface area (Å²) in [6.07, 6.45) is 0. The number of hydrogen-bond acceptors (Lipinski definition) is 4. The predicted molar refractivity (Wildman–Crippen MR) is 144 cm³/mol. The number of hydrogen-bond donors (Lipinski definition) is 0. The number of aromatic nitrogens is 3. The van der Waals surface area contributed by atoms with Crippen molar-refractivity contribution in [2.24, 2.45) is 7.05 Å². The van der Waals surface area contributed by atoms with Crippen LogP contribution in [0.15, 0.2) is 47.3 Å². The molecule has 0 bridgehead atoms. The molecule has 4 aromatic rings. The summed E-state index contributed by atoms with van der Waals surface area (Å²) in [6, 6.07) is 13.4. The number of para-hydroxylation sites is 1. The third-order valence-electron chi connectivity index (χ3n) is 6.96. The zero-order valence-electron chi connectivity index (χ0n) is 21.8. The van der Waals surface area contributed by atoms with Crippen molar-refractivity contribution in [3.05, 3.63) is 69.6 Å². The van der Waals surface area contributed by atoms with Crippen LogP contribution in [0.4, 0.5) is 5.69 Å². The molecule has 8 nitrogen and oxygen atoms in total. The number of anilines is 1. The van der Waals surface area contributed by atoms with Crippen molar-refractivity contribution in [2.75, 3.05) is 24.5 Å². The summed E-state index contributed by atoms with van der Waals surface area (Å²) >= 11 is 0. The first-order valence-corrected chi connectivity index (χ1v) is 12.4. The minimum atomic E-state index is -0.399. The molecule has 4 rings (SSSR count). The SMILES string of the molecule is CCN(CC)C(=O)c1nn(CC(=O)N(CC)c2ccc(C)c(C)c2)c(=O)c2c1c1ccccc1n2C. The average Bonchev–Trinajstić information content (AvgIpc) is 3.17. The lowest BCUT2D eigenvalue weighted by molar-refractivity contribution is -0.119. The molecule has 0 saturated heterocycles. The largest absolute Gasteiger partial charge is 0.339 e. The van der Waals surface area contributed by atoms with E-state index in [0.717, 1.165) is 32.4 Å². The zero-order chi connectivity index (χ0) is 26.1. The monoisotopic (exact) mass is 487 g/mol. The Balaban J connectivity index is 1.89. The Morgan fingerprint density at radius 1 is 0.944 bits per heavy atom. The van der Waals surface area contributed by atoms with Crippen molar-refractivity contribution in [1.29, 1.82) is 0 Å². The molecule has 0 fully saturated rings. The number of carbonyl (C=O) groups is 2. The number of benzene rings is 2. The van der Waals surface area contributed by atoms with Crippen LogP contribution in [0.1, 0.15) is 42.4 Å². The molecule has 0 aliphatic carbocycles. The quantitative estimate of drug-likeness (QED) is 0.394. The molecule has 8 heteroatoms. The van der Waals surface area contributed by atoms with Gasteiger partial charge in [0.2, 0.25) is 5.91 Å². The fourth-order valence-electron chi connectivity index (χ4n) is 4.75. The highest BCUT2D eigenvalue weighted by Crippen LogP contribution is 2.28. The van der Waals surface area contributed by atoms with Gasteiger partial charge < -0.3 is 14.4 Å². The van der Waals surface area contributed by atoms with E-state index in [1.54, 1.807) is 21.4 Å². The molecular weight excluding hydrogens is 454 g/mol. The average molecular weight is 488 g/mol. The van der Waals surface area contributed by atoms with E-state index in [0.29, 0.717) is 30.5 Å². The second kappa shape index (κ2) is 9.97. The van der Waals surface area contributed by atoms with E-state index in [2.05, 4.69) is 5.10 Å². The number of fused-ring (bicyclic) bond motifs is 3.